The molecule has 13 N–H and O–H groups in total. The van der Waals surface area contributed by atoms with Crippen molar-refractivity contribution in [2.24, 2.45) is 22.2 Å². The third kappa shape index (κ3) is 10.9. The number of carboxylic acid groups (broad SMARTS) is 1. The number of hydrogen-bond donors (Lipinski definition) is 10. The van der Waals surface area contributed by atoms with Gasteiger partial charge in [0.1, 0.15) is 18.1 Å². The molecule has 0 aromatic rings. The second kappa shape index (κ2) is 14.2. The van der Waals surface area contributed by atoms with Gasteiger partial charge < -0.3 is 53.6 Å². The molecule has 3 amide bonds. The van der Waals surface area contributed by atoms with Crippen molar-refractivity contribution in [2.45, 2.75) is 76.1 Å². The third-order valence-corrected chi connectivity index (χ3v) is 4.51. The molecule has 0 radical (unpaired) electrons. The number of nitrogens with one attached hydrogen (secondary N) is 3. The minimum absolute atomic E-state index is 0.0475. The Morgan fingerprint density at radius 2 is 1.33 bits per heavy atom. The van der Waals surface area contributed by atoms with Gasteiger partial charge in [-0.3, -0.25) is 19.4 Å². The number of hydrogen-bond acceptors (Lipinski definition) is 9. The molecule has 15 nitrogen and oxygen atoms in total. The average molecular weight is 478 g/mol. The van der Waals surface area contributed by atoms with Crippen molar-refractivity contribution in [3.63, 3.8) is 0 Å². The highest BCUT2D eigenvalue weighted by Crippen LogP contribution is 2.04. The van der Waals surface area contributed by atoms with Crippen LogP contribution >= 0.6 is 0 Å². The lowest BCUT2D eigenvalue weighted by atomic mass is 10.1. The van der Waals surface area contributed by atoms with Gasteiger partial charge in [-0.05, 0) is 33.6 Å². The smallest absolute Gasteiger partial charge is 0.328 e. The fourth-order valence-corrected chi connectivity index (χ4v) is 2.55. The van der Waals surface area contributed by atoms with Crippen LogP contribution in [0.15, 0.2) is 4.99 Å². The highest BCUT2D eigenvalue weighted by atomic mass is 16.4. The summed E-state index contributed by atoms with van der Waals surface area (Å²) in [6.07, 6.45) is -3.93. The molecule has 0 bridgehead atoms. The summed E-state index contributed by atoms with van der Waals surface area (Å²) >= 11 is 0. The number of guanidine groups is 1. The Morgan fingerprint density at radius 1 is 0.818 bits per heavy atom. The van der Waals surface area contributed by atoms with Crippen LogP contribution in [0.3, 0.4) is 0 Å². The molecule has 0 aliphatic rings. The van der Waals surface area contributed by atoms with E-state index in [1.54, 1.807) is 0 Å². The number of amides is 3. The average Bonchev–Trinajstić information content (AvgIpc) is 2.69. The van der Waals surface area contributed by atoms with Crippen molar-refractivity contribution in [3.05, 3.63) is 0 Å². The van der Waals surface area contributed by atoms with Crippen LogP contribution < -0.4 is 33.2 Å². The van der Waals surface area contributed by atoms with Gasteiger partial charge in [0.05, 0.1) is 18.3 Å². The second-order valence-corrected chi connectivity index (χ2v) is 7.57. The van der Waals surface area contributed by atoms with Crippen LogP contribution in [0.5, 0.6) is 0 Å². The molecule has 0 saturated heterocycles. The van der Waals surface area contributed by atoms with Crippen molar-refractivity contribution in [1.29, 1.82) is 0 Å². The quantitative estimate of drug-likeness (QED) is 0.0642. The van der Waals surface area contributed by atoms with Crippen molar-refractivity contribution >= 4 is 29.7 Å². The molecule has 0 aromatic carbocycles. The summed E-state index contributed by atoms with van der Waals surface area (Å²) < 4.78 is 0. The van der Waals surface area contributed by atoms with E-state index in [0.717, 1.165) is 6.92 Å². The first-order chi connectivity index (χ1) is 15.2. The SMILES string of the molecule is CC(O)C(N)C(=O)NC(C(=O)NC(CCCN=C(N)N)C(=O)NC(C(=O)O)C(C)O)C(C)O. The number of carbonyl (C=O) groups is 4. The van der Waals surface area contributed by atoms with E-state index in [-0.39, 0.29) is 25.3 Å². The third-order valence-electron chi connectivity index (χ3n) is 4.51. The maximum Gasteiger partial charge on any atom is 0.328 e. The number of carbonyl (C=O) groups excluding carboxylic acids is 3. The molecule has 0 heterocycles. The molecule has 15 heteroatoms. The zero-order valence-corrected chi connectivity index (χ0v) is 18.8. The predicted molar refractivity (Wildman–Crippen MR) is 116 cm³/mol. The summed E-state index contributed by atoms with van der Waals surface area (Å²) in [6, 6.07) is -5.88. The van der Waals surface area contributed by atoms with Gasteiger partial charge in [0.15, 0.2) is 12.0 Å². The number of nitrogens with two attached hydrogens (primary N) is 3. The monoisotopic (exact) mass is 477 g/mol. The molecular weight excluding hydrogens is 442 g/mol. The highest BCUT2D eigenvalue weighted by molar-refractivity contribution is 5.94. The maximum absolute atomic E-state index is 12.7. The molecule has 190 valence electrons. The van der Waals surface area contributed by atoms with E-state index >= 15 is 0 Å². The van der Waals surface area contributed by atoms with Crippen LogP contribution in [0.2, 0.25) is 0 Å². The van der Waals surface area contributed by atoms with Crippen LogP contribution in [0.1, 0.15) is 33.6 Å². The van der Waals surface area contributed by atoms with E-state index in [4.69, 9.17) is 22.3 Å². The zero-order chi connectivity index (χ0) is 25.9. The Balaban J connectivity index is 5.55. The van der Waals surface area contributed by atoms with Crippen LogP contribution in [0.25, 0.3) is 0 Å². The molecule has 0 aliphatic carbocycles. The Bertz CT molecular complexity index is 710. The minimum atomic E-state index is -1.65. The molecule has 0 aromatic heterocycles. The van der Waals surface area contributed by atoms with Crippen LogP contribution in [0, 0.1) is 0 Å². The maximum atomic E-state index is 12.7. The van der Waals surface area contributed by atoms with E-state index < -0.39 is 66.2 Å². The van der Waals surface area contributed by atoms with E-state index in [9.17, 15) is 34.5 Å². The van der Waals surface area contributed by atoms with Crippen LogP contribution in [0.4, 0.5) is 0 Å². The molecule has 7 unspecified atom stereocenters. The zero-order valence-electron chi connectivity index (χ0n) is 18.8. The molecule has 0 rings (SSSR count). The predicted octanol–water partition coefficient (Wildman–Crippen LogP) is -4.95. The van der Waals surface area contributed by atoms with Gasteiger partial charge in [-0.2, -0.15) is 0 Å². The van der Waals surface area contributed by atoms with Gasteiger partial charge in [-0.15, -0.1) is 0 Å². The van der Waals surface area contributed by atoms with Gasteiger partial charge in [0, 0.05) is 6.54 Å². The molecule has 0 spiro atoms. The van der Waals surface area contributed by atoms with E-state index in [1.165, 1.54) is 13.8 Å². The van der Waals surface area contributed by atoms with E-state index in [0.29, 0.717) is 0 Å². The molecule has 33 heavy (non-hydrogen) atoms. The highest BCUT2D eigenvalue weighted by Gasteiger charge is 2.33. The van der Waals surface area contributed by atoms with Gasteiger partial charge >= 0.3 is 5.97 Å². The van der Waals surface area contributed by atoms with Crippen molar-refractivity contribution in [2.75, 3.05) is 6.54 Å². The largest absolute Gasteiger partial charge is 0.480 e. The number of carboxylic acids is 1. The summed E-state index contributed by atoms with van der Waals surface area (Å²) in [5.74, 6) is -4.50. The van der Waals surface area contributed by atoms with Crippen molar-refractivity contribution in [1.82, 2.24) is 16.0 Å². The molecule has 0 saturated carbocycles. The normalized spacial score (nSPS) is 17.3. The number of aliphatic carboxylic acids is 1. The fourth-order valence-electron chi connectivity index (χ4n) is 2.55. The lowest BCUT2D eigenvalue weighted by Crippen LogP contribution is -2.61. The first-order valence-electron chi connectivity index (χ1n) is 10.2. The van der Waals surface area contributed by atoms with Gasteiger partial charge in [0.2, 0.25) is 17.7 Å². The lowest BCUT2D eigenvalue weighted by molar-refractivity contribution is -0.145. The number of aliphatic hydroxyl groups excluding tert-OH is 3. The Kier molecular flexibility index (Phi) is 12.9. The summed E-state index contributed by atoms with van der Waals surface area (Å²) in [5.41, 5.74) is 16.0. The lowest BCUT2D eigenvalue weighted by Gasteiger charge is -2.27. The van der Waals surface area contributed by atoms with Crippen molar-refractivity contribution in [3.8, 4) is 0 Å². The van der Waals surface area contributed by atoms with Gasteiger partial charge in [-0.25, -0.2) is 4.79 Å². The van der Waals surface area contributed by atoms with E-state index in [2.05, 4.69) is 20.9 Å². The Hall–Kier alpha value is -3.01. The summed E-state index contributed by atoms with van der Waals surface area (Å²) in [5, 5.41) is 44.8. The first-order valence-corrected chi connectivity index (χ1v) is 10.2. The van der Waals surface area contributed by atoms with Crippen LogP contribution in [-0.2, 0) is 19.2 Å². The first kappa shape index (κ1) is 30.0. The number of aliphatic hydroxyl groups is 3. The Morgan fingerprint density at radius 3 is 1.76 bits per heavy atom. The molecule has 0 aliphatic heterocycles. The standard InChI is InChI=1S/C18H35N7O8/c1-7(26)11(19)15(30)24-12(8(2)27)16(31)23-10(5-4-6-22-18(20)21)14(29)25-13(9(3)28)17(32)33/h7-13,26-28H,4-6,19H2,1-3H3,(H,23,31)(H,24,30)(H,25,29)(H,32,33)(H4,20,21,22). The number of aliphatic imine (C=N–C) groups is 1. The van der Waals surface area contributed by atoms with Gasteiger partial charge in [0.25, 0.3) is 0 Å². The van der Waals surface area contributed by atoms with Crippen LogP contribution in [-0.4, -0.2) is 99.1 Å². The fraction of sp³-hybridized carbons (Fsp3) is 0.722. The molecular formula is C18H35N7O8. The Labute approximate surface area is 190 Å². The summed E-state index contributed by atoms with van der Waals surface area (Å²) in [7, 11) is 0. The second-order valence-electron chi connectivity index (χ2n) is 7.57. The summed E-state index contributed by atoms with van der Waals surface area (Å²) in [4.78, 5) is 52.5. The van der Waals surface area contributed by atoms with E-state index in [1.807, 2.05) is 0 Å². The minimum Gasteiger partial charge on any atom is -0.480 e. The van der Waals surface area contributed by atoms with Crippen molar-refractivity contribution < 1.29 is 39.6 Å². The number of rotatable bonds is 14. The molecule has 0 fully saturated rings. The summed E-state index contributed by atoms with van der Waals surface area (Å²) in [6.45, 7) is 3.73. The topological polar surface area (TPSA) is 276 Å². The molecule has 7 atom stereocenters. The number of nitrogens with zero attached hydrogens (tertiary/aromatic N) is 1. The van der Waals surface area contributed by atoms with Gasteiger partial charge in [-0.1, -0.05) is 0 Å².